The van der Waals surface area contributed by atoms with Crippen LogP contribution in [-0.4, -0.2) is 9.13 Å². The summed E-state index contributed by atoms with van der Waals surface area (Å²) >= 11 is 0. The Morgan fingerprint density at radius 2 is 0.707 bits per heavy atom. The number of aromatic nitrogens is 2. The van der Waals surface area contributed by atoms with Crippen LogP contribution < -0.4 is 0 Å². The molecule has 2 heterocycles. The van der Waals surface area contributed by atoms with Gasteiger partial charge in [-0.05, 0) is 78.4 Å². The number of nitriles is 2. The molecule has 0 aliphatic rings. The zero-order valence-electron chi connectivity index (χ0n) is 28.7. The molecule has 2 aromatic heterocycles. The maximum atomic E-state index is 14.3. The van der Waals surface area contributed by atoms with E-state index in [1.807, 2.05) is 12.1 Å². The maximum Gasteiger partial charge on any atom is 0.416 e. The minimum Gasteiger partial charge on any atom is -0.308 e. The minimum absolute atomic E-state index is 0.0133. The molecule has 0 aliphatic heterocycles. The highest BCUT2D eigenvalue weighted by molar-refractivity contribution is 6.12. The van der Waals surface area contributed by atoms with Gasteiger partial charge in [-0.3, -0.25) is 0 Å². The van der Waals surface area contributed by atoms with Crippen LogP contribution in [0.2, 0.25) is 0 Å². The Labute approximate surface area is 317 Å². The molecule has 4 nitrogen and oxygen atoms in total. The summed E-state index contributed by atoms with van der Waals surface area (Å²) in [5, 5.41) is 20.4. The van der Waals surface area contributed by atoms with Gasteiger partial charge in [0.2, 0.25) is 0 Å². The van der Waals surface area contributed by atoms with Gasteiger partial charge >= 0.3 is 24.7 Å². The van der Waals surface area contributed by atoms with Crippen molar-refractivity contribution >= 4 is 43.6 Å². The van der Waals surface area contributed by atoms with Crippen LogP contribution in [0.4, 0.5) is 52.7 Å². The number of hydrogen-bond acceptors (Lipinski definition) is 2. The van der Waals surface area contributed by atoms with Crippen molar-refractivity contribution in [3.63, 3.8) is 0 Å². The molecule has 0 N–H and O–H groups in total. The monoisotopic (exact) mass is 806 g/mol. The van der Waals surface area contributed by atoms with Crippen molar-refractivity contribution in [3.8, 4) is 34.6 Å². The standard InChI is InChI=1S/C42H18F12N4/c43-39(44,45)24-4-8-28-29-9-5-25(40(46,47)48)16-33(29)57(32(28)15-24)36-13-22(20-56)14-37(38(36)23-3-1-2-21(12-23)19-55)58-34-17-26(41(49,50)51)6-10-30(34)31-11-7-27(18-35(31)58)42(52,53)54/h1-18H. The van der Waals surface area contributed by atoms with E-state index in [0.29, 0.717) is 24.3 Å². The fourth-order valence-corrected chi connectivity index (χ4v) is 7.33. The lowest BCUT2D eigenvalue weighted by atomic mass is 9.96. The Morgan fingerprint density at radius 3 is 1.00 bits per heavy atom. The van der Waals surface area contributed by atoms with Crippen LogP contribution in [0.15, 0.2) is 109 Å². The van der Waals surface area contributed by atoms with Gasteiger partial charge in [-0.1, -0.05) is 36.4 Å². The average molecular weight is 807 g/mol. The Hall–Kier alpha value is -6.94. The van der Waals surface area contributed by atoms with Gasteiger partial charge in [0.25, 0.3) is 0 Å². The van der Waals surface area contributed by atoms with Gasteiger partial charge in [0.15, 0.2) is 0 Å². The van der Waals surface area contributed by atoms with Gasteiger partial charge in [-0.25, -0.2) is 0 Å². The second-order valence-electron chi connectivity index (χ2n) is 13.3. The predicted molar refractivity (Wildman–Crippen MR) is 190 cm³/mol. The van der Waals surface area contributed by atoms with E-state index in [2.05, 4.69) is 0 Å². The van der Waals surface area contributed by atoms with Gasteiger partial charge in [0.1, 0.15) is 0 Å². The van der Waals surface area contributed by atoms with E-state index in [9.17, 15) is 63.2 Å². The largest absolute Gasteiger partial charge is 0.416 e. The summed E-state index contributed by atoms with van der Waals surface area (Å²) < 4.78 is 173. The highest BCUT2D eigenvalue weighted by atomic mass is 19.4. The summed E-state index contributed by atoms with van der Waals surface area (Å²) in [4.78, 5) is 0. The van der Waals surface area contributed by atoms with Crippen molar-refractivity contribution in [1.29, 1.82) is 10.5 Å². The molecule has 290 valence electrons. The summed E-state index contributed by atoms with van der Waals surface area (Å²) in [6.07, 6.45) is -19.8. The van der Waals surface area contributed by atoms with Crippen LogP contribution >= 0.6 is 0 Å². The van der Waals surface area contributed by atoms with Crippen LogP contribution in [0, 0.1) is 22.7 Å². The molecule has 8 aromatic rings. The lowest BCUT2D eigenvalue weighted by Gasteiger charge is -2.22. The Kier molecular flexibility index (Phi) is 8.37. The minimum atomic E-state index is -4.95. The molecule has 0 amide bonds. The zero-order valence-corrected chi connectivity index (χ0v) is 28.7. The van der Waals surface area contributed by atoms with Crippen molar-refractivity contribution in [3.05, 3.63) is 143 Å². The number of halogens is 12. The molecule has 0 atom stereocenters. The van der Waals surface area contributed by atoms with Gasteiger partial charge in [0.05, 0.1) is 79.0 Å². The van der Waals surface area contributed by atoms with Crippen molar-refractivity contribution < 1.29 is 52.7 Å². The Bertz CT molecular complexity index is 2780. The number of nitrogens with zero attached hydrogens (tertiary/aromatic N) is 4. The van der Waals surface area contributed by atoms with E-state index in [0.717, 1.165) is 69.8 Å². The molecule has 6 aromatic carbocycles. The van der Waals surface area contributed by atoms with Gasteiger partial charge in [-0.2, -0.15) is 63.2 Å². The smallest absolute Gasteiger partial charge is 0.308 e. The van der Waals surface area contributed by atoms with E-state index >= 15 is 0 Å². The van der Waals surface area contributed by atoms with Crippen LogP contribution in [0.5, 0.6) is 0 Å². The number of hydrogen-bond donors (Lipinski definition) is 0. The van der Waals surface area contributed by atoms with Crippen molar-refractivity contribution in [2.75, 3.05) is 0 Å². The Balaban J connectivity index is 1.64. The molecule has 0 saturated heterocycles. The van der Waals surface area contributed by atoms with Gasteiger partial charge in [-0.15, -0.1) is 0 Å². The molecule has 8 rings (SSSR count). The summed E-state index contributed by atoms with van der Waals surface area (Å²) in [5.41, 5.74) is -7.06. The van der Waals surface area contributed by atoms with Crippen molar-refractivity contribution in [2.24, 2.45) is 0 Å². The maximum absolute atomic E-state index is 14.3. The SMILES string of the molecule is N#Cc1cccc(-c2c(-n3c4cc(C(F)(F)F)ccc4c4ccc(C(F)(F)F)cc43)cc(C#N)cc2-n2c3cc(C(F)(F)F)ccc3c3ccc(C(F)(F)F)cc32)c1. The van der Waals surface area contributed by atoms with Crippen LogP contribution in [0.3, 0.4) is 0 Å². The first-order chi connectivity index (χ1) is 27.2. The molecular weight excluding hydrogens is 788 g/mol. The Morgan fingerprint density at radius 1 is 0.379 bits per heavy atom. The normalized spacial score (nSPS) is 12.8. The fourth-order valence-electron chi connectivity index (χ4n) is 7.33. The number of benzene rings is 6. The molecule has 0 fully saturated rings. The lowest BCUT2D eigenvalue weighted by molar-refractivity contribution is -0.138. The first kappa shape index (κ1) is 38.0. The van der Waals surface area contributed by atoms with Gasteiger partial charge in [0, 0.05) is 27.1 Å². The van der Waals surface area contributed by atoms with Crippen LogP contribution in [-0.2, 0) is 24.7 Å². The zero-order chi connectivity index (χ0) is 41.7. The third-order valence-corrected chi connectivity index (χ3v) is 9.83. The molecule has 0 saturated carbocycles. The third-order valence-electron chi connectivity index (χ3n) is 9.83. The second kappa shape index (κ2) is 12.8. The molecular formula is C42H18F12N4. The highest BCUT2D eigenvalue weighted by Gasteiger charge is 2.36. The molecule has 0 bridgehead atoms. The van der Waals surface area contributed by atoms with E-state index in [4.69, 9.17) is 0 Å². The molecule has 0 aliphatic carbocycles. The third kappa shape index (κ3) is 6.21. The van der Waals surface area contributed by atoms with E-state index in [-0.39, 0.29) is 77.2 Å². The molecule has 0 radical (unpaired) electrons. The summed E-state index contributed by atoms with van der Waals surface area (Å²) in [7, 11) is 0. The first-order valence-electron chi connectivity index (χ1n) is 16.7. The molecule has 0 unspecified atom stereocenters. The highest BCUT2D eigenvalue weighted by Crippen LogP contribution is 2.46. The van der Waals surface area contributed by atoms with Crippen LogP contribution in [0.25, 0.3) is 66.1 Å². The number of fused-ring (bicyclic) bond motifs is 6. The van der Waals surface area contributed by atoms with E-state index < -0.39 is 47.0 Å². The summed E-state index contributed by atoms with van der Waals surface area (Å²) in [6.45, 7) is 0. The van der Waals surface area contributed by atoms with Crippen molar-refractivity contribution in [1.82, 2.24) is 9.13 Å². The summed E-state index contributed by atoms with van der Waals surface area (Å²) in [5.74, 6) is 0. The second-order valence-corrected chi connectivity index (χ2v) is 13.3. The van der Waals surface area contributed by atoms with Gasteiger partial charge < -0.3 is 9.13 Å². The average Bonchev–Trinajstić information content (AvgIpc) is 3.67. The van der Waals surface area contributed by atoms with Crippen LogP contribution in [0.1, 0.15) is 33.4 Å². The molecule has 0 spiro atoms. The quantitative estimate of drug-likeness (QED) is 0.167. The topological polar surface area (TPSA) is 57.4 Å². The predicted octanol–water partition coefficient (Wildman–Crippen LogP) is 13.4. The van der Waals surface area contributed by atoms with E-state index in [1.165, 1.54) is 24.3 Å². The van der Waals surface area contributed by atoms with Crippen molar-refractivity contribution in [2.45, 2.75) is 24.7 Å². The number of alkyl halides is 12. The van der Waals surface area contributed by atoms with E-state index in [1.54, 1.807) is 0 Å². The number of rotatable bonds is 3. The first-order valence-corrected chi connectivity index (χ1v) is 16.7. The fraction of sp³-hybridized carbons (Fsp3) is 0.0952. The molecule has 16 heteroatoms. The lowest BCUT2D eigenvalue weighted by Crippen LogP contribution is -2.09. The molecule has 58 heavy (non-hydrogen) atoms. The summed E-state index contributed by atoms with van der Waals surface area (Å²) in [6, 6.07) is 21.3.